The Kier molecular flexibility index (Phi) is 5.41. The molecule has 1 unspecified atom stereocenters. The van der Waals surface area contributed by atoms with Gasteiger partial charge in [0.2, 0.25) is 10.0 Å². The van der Waals surface area contributed by atoms with Gasteiger partial charge in [-0.05, 0) is 24.1 Å². The maximum atomic E-state index is 13.2. The highest BCUT2D eigenvalue weighted by atomic mass is 32.2. The zero-order valence-electron chi connectivity index (χ0n) is 11.8. The van der Waals surface area contributed by atoms with Crippen molar-refractivity contribution in [3.05, 3.63) is 29.6 Å². The van der Waals surface area contributed by atoms with Crippen LogP contribution in [0.1, 0.15) is 19.4 Å². The first-order chi connectivity index (χ1) is 9.72. The summed E-state index contributed by atoms with van der Waals surface area (Å²) in [6.45, 7) is 3.30. The first-order valence-electron chi connectivity index (χ1n) is 6.02. The van der Waals surface area contributed by atoms with Gasteiger partial charge in [0.25, 0.3) is 0 Å². The van der Waals surface area contributed by atoms with Gasteiger partial charge in [-0.2, -0.15) is 9.98 Å². The molecule has 6 nitrogen and oxygen atoms in total. The monoisotopic (exact) mass is 314 g/mol. The van der Waals surface area contributed by atoms with E-state index in [4.69, 9.17) is 5.26 Å². The lowest BCUT2D eigenvalue weighted by Gasteiger charge is -2.19. The standard InChI is InChI=1S/C13H15FN2O4S/c1-8(2)12(13(17)20-3)16-21(18,19)10-4-5-11(14)9(6-10)7-15/h4-6,8,12,16H,1-3H3. The molecule has 21 heavy (non-hydrogen) atoms. The van der Waals surface area contributed by atoms with Crippen LogP contribution in [0.4, 0.5) is 4.39 Å². The average Bonchev–Trinajstić information content (AvgIpc) is 2.44. The number of sulfonamides is 1. The highest BCUT2D eigenvalue weighted by Crippen LogP contribution is 2.16. The van der Waals surface area contributed by atoms with Gasteiger partial charge in [-0.25, -0.2) is 12.8 Å². The lowest BCUT2D eigenvalue weighted by molar-refractivity contribution is -0.143. The molecule has 0 amide bonds. The van der Waals surface area contributed by atoms with Crippen molar-refractivity contribution in [2.75, 3.05) is 7.11 Å². The van der Waals surface area contributed by atoms with Crippen LogP contribution in [-0.4, -0.2) is 27.5 Å². The maximum absolute atomic E-state index is 13.2. The van der Waals surface area contributed by atoms with Crippen LogP contribution in [0.3, 0.4) is 0 Å². The Morgan fingerprint density at radius 1 is 1.43 bits per heavy atom. The van der Waals surface area contributed by atoms with Gasteiger partial charge in [0.15, 0.2) is 0 Å². The van der Waals surface area contributed by atoms with E-state index in [0.717, 1.165) is 25.3 Å². The molecule has 0 aliphatic heterocycles. The van der Waals surface area contributed by atoms with Crippen molar-refractivity contribution in [3.63, 3.8) is 0 Å². The van der Waals surface area contributed by atoms with Crippen LogP contribution >= 0.6 is 0 Å². The van der Waals surface area contributed by atoms with E-state index in [9.17, 15) is 17.6 Å². The summed E-state index contributed by atoms with van der Waals surface area (Å²) in [6, 6.07) is 3.30. The van der Waals surface area contributed by atoms with Crippen LogP contribution in [0, 0.1) is 23.1 Å². The van der Waals surface area contributed by atoms with E-state index in [1.165, 1.54) is 0 Å². The van der Waals surface area contributed by atoms with Crippen molar-refractivity contribution in [2.24, 2.45) is 5.92 Å². The molecule has 1 atom stereocenters. The van der Waals surface area contributed by atoms with E-state index < -0.39 is 33.4 Å². The van der Waals surface area contributed by atoms with Gasteiger partial charge >= 0.3 is 5.97 Å². The molecule has 0 aliphatic carbocycles. The first-order valence-corrected chi connectivity index (χ1v) is 7.51. The summed E-state index contributed by atoms with van der Waals surface area (Å²) in [7, 11) is -2.93. The molecular weight excluding hydrogens is 299 g/mol. The number of rotatable bonds is 5. The third-order valence-electron chi connectivity index (χ3n) is 2.77. The molecule has 0 spiro atoms. The Labute approximate surface area is 122 Å². The SMILES string of the molecule is COC(=O)C(NS(=O)(=O)c1ccc(F)c(C#N)c1)C(C)C. The highest BCUT2D eigenvalue weighted by molar-refractivity contribution is 7.89. The maximum Gasteiger partial charge on any atom is 0.324 e. The van der Waals surface area contributed by atoms with Crippen molar-refractivity contribution < 1.29 is 22.3 Å². The second-order valence-electron chi connectivity index (χ2n) is 4.62. The molecule has 1 aromatic rings. The second-order valence-corrected chi connectivity index (χ2v) is 6.33. The minimum Gasteiger partial charge on any atom is -0.468 e. The normalized spacial score (nSPS) is 12.8. The highest BCUT2D eigenvalue weighted by Gasteiger charge is 2.29. The minimum absolute atomic E-state index is 0.296. The molecule has 1 rings (SSSR count). The number of hydrogen-bond acceptors (Lipinski definition) is 5. The fraction of sp³-hybridized carbons (Fsp3) is 0.385. The molecule has 0 bridgehead atoms. The molecule has 0 radical (unpaired) electrons. The third-order valence-corrected chi connectivity index (χ3v) is 4.21. The number of benzene rings is 1. The average molecular weight is 314 g/mol. The van der Waals surface area contributed by atoms with Crippen LogP contribution in [0.15, 0.2) is 23.1 Å². The Bertz CT molecular complexity index is 680. The summed E-state index contributed by atoms with van der Waals surface area (Å²) < 4.78 is 44.3. The Morgan fingerprint density at radius 3 is 2.52 bits per heavy atom. The number of esters is 1. The van der Waals surface area contributed by atoms with Crippen molar-refractivity contribution in [1.82, 2.24) is 4.72 Å². The molecule has 0 heterocycles. The van der Waals surface area contributed by atoms with E-state index in [0.29, 0.717) is 0 Å². The summed E-state index contributed by atoms with van der Waals surface area (Å²) in [4.78, 5) is 11.3. The molecule has 114 valence electrons. The van der Waals surface area contributed by atoms with Crippen molar-refractivity contribution in [1.29, 1.82) is 5.26 Å². The summed E-state index contributed by atoms with van der Waals surface area (Å²) in [5.41, 5.74) is -0.392. The third kappa shape index (κ3) is 4.00. The number of nitrogens with zero attached hydrogens (tertiary/aromatic N) is 1. The van der Waals surface area contributed by atoms with Crippen LogP contribution in [0.2, 0.25) is 0 Å². The molecule has 8 heteroatoms. The van der Waals surface area contributed by atoms with Gasteiger partial charge in [-0.3, -0.25) is 4.79 Å². The van der Waals surface area contributed by atoms with E-state index in [2.05, 4.69) is 9.46 Å². The topological polar surface area (TPSA) is 96.3 Å². The van der Waals surface area contributed by atoms with Gasteiger partial charge in [-0.15, -0.1) is 0 Å². The number of ether oxygens (including phenoxy) is 1. The number of halogens is 1. The number of carbonyl (C=O) groups excluding carboxylic acids is 1. The van der Waals surface area contributed by atoms with Crippen LogP contribution in [-0.2, 0) is 19.6 Å². The first kappa shape index (κ1) is 17.1. The fourth-order valence-corrected chi connectivity index (χ4v) is 2.93. The van der Waals surface area contributed by atoms with Crippen LogP contribution < -0.4 is 4.72 Å². The van der Waals surface area contributed by atoms with Gasteiger partial charge in [-0.1, -0.05) is 13.8 Å². The zero-order chi connectivity index (χ0) is 16.2. The molecule has 0 aromatic heterocycles. The summed E-state index contributed by atoms with van der Waals surface area (Å²) in [6.07, 6.45) is 0. The predicted molar refractivity (Wildman–Crippen MR) is 72.1 cm³/mol. The fourth-order valence-electron chi connectivity index (χ4n) is 1.58. The number of hydrogen-bond donors (Lipinski definition) is 1. The summed E-state index contributed by atoms with van der Waals surface area (Å²) in [5, 5.41) is 8.73. The minimum atomic E-state index is -4.08. The lowest BCUT2D eigenvalue weighted by Crippen LogP contribution is -2.44. The van der Waals surface area contributed by atoms with E-state index in [1.54, 1.807) is 19.9 Å². The van der Waals surface area contributed by atoms with Gasteiger partial charge in [0, 0.05) is 0 Å². The molecular formula is C13H15FN2O4S. The molecule has 1 N–H and O–H groups in total. The Hall–Kier alpha value is -1.98. The number of nitrogens with one attached hydrogen (secondary N) is 1. The quantitative estimate of drug-likeness (QED) is 0.823. The number of methoxy groups -OCH3 is 1. The van der Waals surface area contributed by atoms with Crippen LogP contribution in [0.5, 0.6) is 0 Å². The molecule has 0 saturated carbocycles. The largest absolute Gasteiger partial charge is 0.468 e. The summed E-state index contributed by atoms with van der Waals surface area (Å²) >= 11 is 0. The second kappa shape index (κ2) is 6.65. The van der Waals surface area contributed by atoms with Gasteiger partial charge in [0.1, 0.15) is 17.9 Å². The Morgan fingerprint density at radius 2 is 2.05 bits per heavy atom. The van der Waals surface area contributed by atoms with Crippen molar-refractivity contribution in [2.45, 2.75) is 24.8 Å². The van der Waals surface area contributed by atoms with E-state index in [-0.39, 0.29) is 10.8 Å². The molecule has 0 saturated heterocycles. The van der Waals surface area contributed by atoms with Crippen molar-refractivity contribution >= 4 is 16.0 Å². The zero-order valence-corrected chi connectivity index (χ0v) is 12.6. The summed E-state index contributed by atoms with van der Waals surface area (Å²) in [5.74, 6) is -1.89. The molecule has 0 fully saturated rings. The van der Waals surface area contributed by atoms with Crippen LogP contribution in [0.25, 0.3) is 0 Å². The smallest absolute Gasteiger partial charge is 0.324 e. The number of carbonyl (C=O) groups is 1. The number of nitriles is 1. The van der Waals surface area contributed by atoms with E-state index >= 15 is 0 Å². The van der Waals surface area contributed by atoms with E-state index in [1.807, 2.05) is 0 Å². The lowest BCUT2D eigenvalue weighted by atomic mass is 10.1. The predicted octanol–water partition coefficient (Wildman–Crippen LogP) is 1.17. The molecule has 0 aliphatic rings. The Balaban J connectivity index is 3.17. The van der Waals surface area contributed by atoms with Gasteiger partial charge in [0.05, 0.1) is 17.6 Å². The van der Waals surface area contributed by atoms with Crippen molar-refractivity contribution in [3.8, 4) is 6.07 Å². The van der Waals surface area contributed by atoms with Gasteiger partial charge < -0.3 is 4.74 Å². The molecule has 1 aromatic carbocycles.